The summed E-state index contributed by atoms with van der Waals surface area (Å²) >= 11 is 4.19. The van der Waals surface area contributed by atoms with Crippen LogP contribution >= 0.6 is 27.7 Å². The Bertz CT molecular complexity index is 711. The van der Waals surface area contributed by atoms with Gasteiger partial charge in [0, 0.05) is 10.5 Å². The molecule has 10 heteroatoms. The Kier molecular flexibility index (Phi) is 5.72. The molecule has 1 unspecified atom stereocenters. The zero-order valence-electron chi connectivity index (χ0n) is 11.7. The summed E-state index contributed by atoms with van der Waals surface area (Å²) in [7, 11) is 1.40. The number of amidine groups is 1. The molecule has 1 aromatic carbocycles. The van der Waals surface area contributed by atoms with Gasteiger partial charge in [-0.05, 0) is 22.0 Å². The maximum Gasteiger partial charge on any atom is 0.305 e. The van der Waals surface area contributed by atoms with Crippen molar-refractivity contribution < 1.29 is 23.8 Å². The van der Waals surface area contributed by atoms with Crippen LogP contribution in [0.5, 0.6) is 5.75 Å². The van der Waals surface area contributed by atoms with Gasteiger partial charge in [0.2, 0.25) is 5.91 Å². The van der Waals surface area contributed by atoms with Crippen molar-refractivity contribution in [2.24, 2.45) is 10.2 Å². The standard InChI is InChI=1S/C13H11BrFN3O4S/c1-22-9-3-6(15)2-8(14)7(9)5-16-18-13-17-12(21)10(23-13)4-11(19)20/h2-3,5,10H,4H2,1H3,(H,19,20)(H,17,18,21). The Morgan fingerprint density at radius 3 is 3.00 bits per heavy atom. The van der Waals surface area contributed by atoms with Gasteiger partial charge in [-0.1, -0.05) is 11.8 Å². The fourth-order valence-electron chi connectivity index (χ4n) is 1.74. The minimum Gasteiger partial charge on any atom is -0.496 e. The molecule has 23 heavy (non-hydrogen) atoms. The number of hydrogen-bond donors (Lipinski definition) is 2. The molecule has 1 aliphatic rings. The normalized spacial score (nSPS) is 19.3. The molecule has 1 saturated heterocycles. The van der Waals surface area contributed by atoms with Crippen molar-refractivity contribution in [3.05, 3.63) is 28.0 Å². The molecule has 0 spiro atoms. The van der Waals surface area contributed by atoms with Gasteiger partial charge in [-0.15, -0.1) is 5.10 Å². The van der Waals surface area contributed by atoms with Gasteiger partial charge >= 0.3 is 5.97 Å². The number of rotatable bonds is 5. The lowest BCUT2D eigenvalue weighted by Crippen LogP contribution is -2.26. The van der Waals surface area contributed by atoms with Crippen molar-refractivity contribution in [1.29, 1.82) is 0 Å². The molecule has 0 radical (unpaired) electrons. The van der Waals surface area contributed by atoms with E-state index in [1.165, 1.54) is 25.5 Å². The molecule has 1 heterocycles. The highest BCUT2D eigenvalue weighted by Crippen LogP contribution is 2.27. The zero-order valence-corrected chi connectivity index (χ0v) is 14.1. The minimum atomic E-state index is -1.07. The molecule has 1 fully saturated rings. The number of nitrogens with one attached hydrogen (secondary N) is 1. The van der Waals surface area contributed by atoms with Crippen LogP contribution in [0, 0.1) is 5.82 Å². The van der Waals surface area contributed by atoms with Crippen LogP contribution < -0.4 is 10.1 Å². The third-order valence-electron chi connectivity index (χ3n) is 2.75. The number of aliphatic carboxylic acids is 1. The summed E-state index contributed by atoms with van der Waals surface area (Å²) in [6.45, 7) is 0. The number of thioether (sulfide) groups is 1. The van der Waals surface area contributed by atoms with E-state index in [1.807, 2.05) is 0 Å². The highest BCUT2D eigenvalue weighted by atomic mass is 79.9. The average molecular weight is 404 g/mol. The number of carboxylic acids is 1. The van der Waals surface area contributed by atoms with Crippen LogP contribution in [0.15, 0.2) is 26.8 Å². The third-order valence-corrected chi connectivity index (χ3v) is 4.48. The van der Waals surface area contributed by atoms with E-state index in [1.54, 1.807) is 0 Å². The van der Waals surface area contributed by atoms with Gasteiger partial charge in [-0.25, -0.2) is 4.39 Å². The highest BCUT2D eigenvalue weighted by Gasteiger charge is 2.32. The summed E-state index contributed by atoms with van der Waals surface area (Å²) in [4.78, 5) is 22.2. The average Bonchev–Trinajstić information content (AvgIpc) is 2.80. The summed E-state index contributed by atoms with van der Waals surface area (Å²) in [5.74, 6) is -1.69. The summed E-state index contributed by atoms with van der Waals surface area (Å²) in [5.41, 5.74) is 0.481. The number of benzene rings is 1. The first-order chi connectivity index (χ1) is 10.9. The Balaban J connectivity index is 2.13. The Morgan fingerprint density at radius 1 is 1.61 bits per heavy atom. The van der Waals surface area contributed by atoms with Crippen LogP contribution in [0.25, 0.3) is 0 Å². The van der Waals surface area contributed by atoms with Crippen molar-refractivity contribution in [2.45, 2.75) is 11.7 Å². The van der Waals surface area contributed by atoms with Crippen molar-refractivity contribution in [3.63, 3.8) is 0 Å². The van der Waals surface area contributed by atoms with E-state index in [9.17, 15) is 14.0 Å². The van der Waals surface area contributed by atoms with Crippen LogP contribution in [0.2, 0.25) is 0 Å². The molecule has 0 aromatic heterocycles. The topological polar surface area (TPSA) is 100 Å². The molecule has 0 bridgehead atoms. The largest absolute Gasteiger partial charge is 0.496 e. The first-order valence-electron chi connectivity index (χ1n) is 6.24. The molecular weight excluding hydrogens is 393 g/mol. The van der Waals surface area contributed by atoms with Crippen LogP contribution in [-0.2, 0) is 9.59 Å². The number of amides is 1. The van der Waals surface area contributed by atoms with Gasteiger partial charge in [0.1, 0.15) is 16.8 Å². The van der Waals surface area contributed by atoms with Crippen LogP contribution in [-0.4, -0.2) is 40.7 Å². The molecule has 0 saturated carbocycles. The number of halogens is 2. The van der Waals surface area contributed by atoms with Gasteiger partial charge in [-0.2, -0.15) is 5.10 Å². The maximum absolute atomic E-state index is 13.3. The van der Waals surface area contributed by atoms with E-state index in [2.05, 4.69) is 31.4 Å². The van der Waals surface area contributed by atoms with E-state index >= 15 is 0 Å². The molecular formula is C13H11BrFN3O4S. The Hall–Kier alpha value is -1.94. The molecule has 2 rings (SSSR count). The number of nitrogens with zero attached hydrogens (tertiary/aromatic N) is 2. The predicted molar refractivity (Wildman–Crippen MR) is 87.5 cm³/mol. The number of carbonyl (C=O) groups is 2. The van der Waals surface area contributed by atoms with Gasteiger partial charge in [0.05, 0.1) is 25.3 Å². The van der Waals surface area contributed by atoms with E-state index in [0.29, 0.717) is 10.0 Å². The van der Waals surface area contributed by atoms with Crippen molar-refractivity contribution in [3.8, 4) is 5.75 Å². The molecule has 1 aliphatic heterocycles. The number of ether oxygens (including phenoxy) is 1. The quantitative estimate of drug-likeness (QED) is 0.578. The SMILES string of the molecule is COc1cc(F)cc(Br)c1C=NN=C1NC(=O)C(CC(=O)O)S1. The first-order valence-corrected chi connectivity index (χ1v) is 7.91. The maximum atomic E-state index is 13.3. The minimum absolute atomic E-state index is 0.203. The monoisotopic (exact) mass is 403 g/mol. The fourth-order valence-corrected chi connectivity index (χ4v) is 3.17. The van der Waals surface area contributed by atoms with E-state index in [0.717, 1.165) is 11.8 Å². The molecule has 1 atom stereocenters. The lowest BCUT2D eigenvalue weighted by atomic mass is 10.2. The lowest BCUT2D eigenvalue weighted by molar-refractivity contribution is -0.138. The number of carbonyl (C=O) groups excluding carboxylic acids is 1. The molecule has 7 nitrogen and oxygen atoms in total. The summed E-state index contributed by atoms with van der Waals surface area (Å²) in [5, 5.41) is 18.3. The van der Waals surface area contributed by atoms with Crippen LogP contribution in [0.3, 0.4) is 0 Å². The molecule has 122 valence electrons. The van der Waals surface area contributed by atoms with Crippen LogP contribution in [0.1, 0.15) is 12.0 Å². The van der Waals surface area contributed by atoms with Crippen molar-refractivity contribution >= 4 is 51.0 Å². The predicted octanol–water partition coefficient (Wildman–Crippen LogP) is 1.99. The fraction of sp³-hybridized carbons (Fsp3) is 0.231. The van der Waals surface area contributed by atoms with Crippen LogP contribution in [0.4, 0.5) is 4.39 Å². The highest BCUT2D eigenvalue weighted by molar-refractivity contribution is 9.10. The second kappa shape index (κ2) is 7.55. The molecule has 1 amide bonds. The second-order valence-corrected chi connectivity index (χ2v) is 6.39. The lowest BCUT2D eigenvalue weighted by Gasteiger charge is -2.06. The Morgan fingerprint density at radius 2 is 2.35 bits per heavy atom. The van der Waals surface area contributed by atoms with E-state index in [-0.39, 0.29) is 17.3 Å². The summed E-state index contributed by atoms with van der Waals surface area (Å²) in [6, 6.07) is 2.46. The number of methoxy groups -OCH3 is 1. The molecule has 2 N–H and O–H groups in total. The van der Waals surface area contributed by atoms with E-state index in [4.69, 9.17) is 9.84 Å². The Labute approximate surface area is 143 Å². The van der Waals surface area contributed by atoms with Gasteiger partial charge < -0.3 is 15.2 Å². The molecule has 1 aromatic rings. The second-order valence-electron chi connectivity index (χ2n) is 4.35. The van der Waals surface area contributed by atoms with Crippen molar-refractivity contribution in [2.75, 3.05) is 7.11 Å². The van der Waals surface area contributed by atoms with Gasteiger partial charge in [0.25, 0.3) is 0 Å². The number of carboxylic acid groups (broad SMARTS) is 1. The van der Waals surface area contributed by atoms with E-state index < -0.39 is 22.9 Å². The smallest absolute Gasteiger partial charge is 0.305 e. The number of hydrogen-bond acceptors (Lipinski definition) is 6. The third kappa shape index (κ3) is 4.52. The molecule has 0 aliphatic carbocycles. The summed E-state index contributed by atoms with van der Waals surface area (Å²) in [6.07, 6.45) is 1.04. The van der Waals surface area contributed by atoms with Crippen molar-refractivity contribution in [1.82, 2.24) is 5.32 Å². The zero-order chi connectivity index (χ0) is 17.0. The van der Waals surface area contributed by atoms with Gasteiger partial charge in [-0.3, -0.25) is 9.59 Å². The van der Waals surface area contributed by atoms with Gasteiger partial charge in [0.15, 0.2) is 5.17 Å². The summed E-state index contributed by atoms with van der Waals surface area (Å²) < 4.78 is 18.8. The first kappa shape index (κ1) is 17.4.